The van der Waals surface area contributed by atoms with Crippen LogP contribution < -0.4 is 9.47 Å². The van der Waals surface area contributed by atoms with Crippen molar-refractivity contribution in [3.8, 4) is 17.6 Å². The average Bonchev–Trinajstić information content (AvgIpc) is 2.78. The molecule has 0 bridgehead atoms. The first-order chi connectivity index (χ1) is 15.5. The summed E-state index contributed by atoms with van der Waals surface area (Å²) in [6.07, 6.45) is 4.17. The van der Waals surface area contributed by atoms with Crippen molar-refractivity contribution in [3.05, 3.63) is 40.5 Å². The number of amides is 2. The number of carbonyl (C=O) groups excluding carboxylic acids is 2. The SMILES string of the molecule is CCCCOc1ccc(/C=C2/C(=O)N(CCCOCC)C(=O)C(C#N)=C2C)cc1OCC. The third-order valence-corrected chi connectivity index (χ3v) is 5.03. The molecule has 1 heterocycles. The number of hydrogen-bond acceptors (Lipinski definition) is 6. The van der Waals surface area contributed by atoms with Crippen LogP contribution in [0.15, 0.2) is 34.9 Å². The maximum atomic E-state index is 13.1. The van der Waals surface area contributed by atoms with Gasteiger partial charge in [-0.05, 0) is 63.0 Å². The third-order valence-electron chi connectivity index (χ3n) is 5.03. The lowest BCUT2D eigenvalue weighted by Crippen LogP contribution is -2.43. The average molecular weight is 441 g/mol. The number of rotatable bonds is 12. The Labute approximate surface area is 190 Å². The number of imide groups is 1. The number of ether oxygens (including phenoxy) is 3. The molecule has 1 aliphatic heterocycles. The molecule has 1 aromatic carbocycles. The molecular formula is C25H32N2O5. The third kappa shape index (κ3) is 6.21. The van der Waals surface area contributed by atoms with Gasteiger partial charge in [0.25, 0.3) is 11.8 Å². The highest BCUT2D eigenvalue weighted by molar-refractivity contribution is 6.19. The van der Waals surface area contributed by atoms with Gasteiger partial charge in [-0.25, -0.2) is 0 Å². The summed E-state index contributed by atoms with van der Waals surface area (Å²) >= 11 is 0. The fourth-order valence-electron chi connectivity index (χ4n) is 3.30. The number of nitriles is 1. The summed E-state index contributed by atoms with van der Waals surface area (Å²) < 4.78 is 16.9. The molecule has 0 aromatic heterocycles. The van der Waals surface area contributed by atoms with Crippen molar-refractivity contribution in [2.24, 2.45) is 0 Å². The first-order valence-electron chi connectivity index (χ1n) is 11.1. The van der Waals surface area contributed by atoms with E-state index in [4.69, 9.17) is 14.2 Å². The largest absolute Gasteiger partial charge is 0.490 e. The van der Waals surface area contributed by atoms with Gasteiger partial charge >= 0.3 is 0 Å². The number of carbonyl (C=O) groups is 2. The van der Waals surface area contributed by atoms with E-state index in [1.807, 2.05) is 32.0 Å². The Hall–Kier alpha value is -3.11. The first kappa shape index (κ1) is 25.2. The summed E-state index contributed by atoms with van der Waals surface area (Å²) in [6, 6.07) is 7.41. The molecule has 0 atom stereocenters. The van der Waals surface area contributed by atoms with Crippen molar-refractivity contribution in [1.29, 1.82) is 5.26 Å². The van der Waals surface area contributed by atoms with Crippen LogP contribution in [-0.4, -0.2) is 49.7 Å². The van der Waals surface area contributed by atoms with E-state index in [2.05, 4.69) is 6.92 Å². The van der Waals surface area contributed by atoms with Crippen LogP contribution >= 0.6 is 0 Å². The van der Waals surface area contributed by atoms with Crippen molar-refractivity contribution >= 4 is 17.9 Å². The van der Waals surface area contributed by atoms with Crippen molar-refractivity contribution in [2.45, 2.75) is 47.0 Å². The number of nitrogens with zero attached hydrogens (tertiary/aromatic N) is 2. The van der Waals surface area contributed by atoms with E-state index in [1.54, 1.807) is 19.1 Å². The van der Waals surface area contributed by atoms with Gasteiger partial charge in [0, 0.05) is 25.3 Å². The summed E-state index contributed by atoms with van der Waals surface area (Å²) in [7, 11) is 0. The minimum absolute atomic E-state index is 0.0168. The van der Waals surface area contributed by atoms with Crippen LogP contribution in [-0.2, 0) is 14.3 Å². The standard InChI is InChI=1S/C25H32N2O5/c1-5-8-14-32-22-11-10-19(16-23(22)31-7-3)15-20-18(4)21(17-26)25(29)27(24(20)28)12-9-13-30-6-2/h10-11,15-16H,5-9,12-14H2,1-4H3/b20-15+. The molecule has 1 aliphatic rings. The second-order valence-corrected chi connectivity index (χ2v) is 7.32. The molecule has 2 rings (SSSR count). The summed E-state index contributed by atoms with van der Waals surface area (Å²) in [5, 5.41) is 9.53. The molecule has 7 heteroatoms. The van der Waals surface area contributed by atoms with Crippen LogP contribution in [0.1, 0.15) is 52.5 Å². The van der Waals surface area contributed by atoms with E-state index in [1.165, 1.54) is 0 Å². The molecule has 0 saturated heterocycles. The second-order valence-electron chi connectivity index (χ2n) is 7.32. The van der Waals surface area contributed by atoms with E-state index in [0.717, 1.165) is 23.3 Å². The van der Waals surface area contributed by atoms with Crippen LogP contribution in [0.4, 0.5) is 0 Å². The maximum Gasteiger partial charge on any atom is 0.271 e. The van der Waals surface area contributed by atoms with Crippen LogP contribution in [0.3, 0.4) is 0 Å². The molecule has 0 fully saturated rings. The lowest BCUT2D eigenvalue weighted by atomic mass is 9.93. The Bertz CT molecular complexity index is 927. The Morgan fingerprint density at radius 3 is 2.44 bits per heavy atom. The fraction of sp³-hybridized carbons (Fsp3) is 0.480. The number of hydrogen-bond donors (Lipinski definition) is 0. The highest BCUT2D eigenvalue weighted by atomic mass is 16.5. The van der Waals surface area contributed by atoms with E-state index in [9.17, 15) is 14.9 Å². The number of unbranched alkanes of at least 4 members (excludes halogenated alkanes) is 1. The normalized spacial score (nSPS) is 15.3. The van der Waals surface area contributed by atoms with Gasteiger partial charge in [-0.1, -0.05) is 19.4 Å². The second kappa shape index (κ2) is 12.7. The smallest absolute Gasteiger partial charge is 0.271 e. The predicted octanol–water partition coefficient (Wildman–Crippen LogP) is 4.28. The minimum atomic E-state index is -0.557. The molecule has 0 N–H and O–H groups in total. The first-order valence-corrected chi connectivity index (χ1v) is 11.1. The molecule has 0 saturated carbocycles. The zero-order chi connectivity index (χ0) is 23.5. The monoisotopic (exact) mass is 440 g/mol. The maximum absolute atomic E-state index is 13.1. The predicted molar refractivity (Wildman–Crippen MR) is 122 cm³/mol. The topological polar surface area (TPSA) is 88.9 Å². The molecule has 0 spiro atoms. The molecule has 1 aromatic rings. The summed E-state index contributed by atoms with van der Waals surface area (Å²) in [5.74, 6) is 0.269. The van der Waals surface area contributed by atoms with Gasteiger partial charge in [-0.2, -0.15) is 5.26 Å². The summed E-state index contributed by atoms with van der Waals surface area (Å²) in [4.78, 5) is 26.9. The van der Waals surface area contributed by atoms with Gasteiger partial charge < -0.3 is 14.2 Å². The minimum Gasteiger partial charge on any atom is -0.490 e. The van der Waals surface area contributed by atoms with E-state index >= 15 is 0 Å². The van der Waals surface area contributed by atoms with Gasteiger partial charge in [0.15, 0.2) is 11.5 Å². The lowest BCUT2D eigenvalue weighted by molar-refractivity contribution is -0.140. The van der Waals surface area contributed by atoms with Crippen LogP contribution in [0.25, 0.3) is 6.08 Å². The Kier molecular flexibility index (Phi) is 9.96. The van der Waals surface area contributed by atoms with Gasteiger partial charge in [0.2, 0.25) is 0 Å². The molecule has 0 radical (unpaired) electrons. The van der Waals surface area contributed by atoms with Gasteiger partial charge in [0.1, 0.15) is 11.6 Å². The highest BCUT2D eigenvalue weighted by Gasteiger charge is 2.35. The molecule has 172 valence electrons. The molecule has 32 heavy (non-hydrogen) atoms. The molecule has 7 nitrogen and oxygen atoms in total. The fourth-order valence-corrected chi connectivity index (χ4v) is 3.30. The van der Waals surface area contributed by atoms with E-state index < -0.39 is 11.8 Å². The molecule has 0 aliphatic carbocycles. The number of benzene rings is 1. The van der Waals surface area contributed by atoms with E-state index in [0.29, 0.717) is 55.5 Å². The van der Waals surface area contributed by atoms with Crippen molar-refractivity contribution in [3.63, 3.8) is 0 Å². The molecular weight excluding hydrogens is 408 g/mol. The quantitative estimate of drug-likeness (QED) is 0.274. The van der Waals surface area contributed by atoms with Crippen molar-refractivity contribution in [1.82, 2.24) is 4.90 Å². The summed E-state index contributed by atoms with van der Waals surface area (Å²) in [5.41, 5.74) is 1.40. The summed E-state index contributed by atoms with van der Waals surface area (Å²) in [6.45, 7) is 9.78. The Morgan fingerprint density at radius 1 is 1.00 bits per heavy atom. The van der Waals surface area contributed by atoms with Gasteiger partial charge in [-0.15, -0.1) is 0 Å². The Morgan fingerprint density at radius 2 is 1.78 bits per heavy atom. The van der Waals surface area contributed by atoms with Gasteiger partial charge in [0.05, 0.1) is 13.2 Å². The van der Waals surface area contributed by atoms with Crippen LogP contribution in [0, 0.1) is 11.3 Å². The Balaban J connectivity index is 2.38. The van der Waals surface area contributed by atoms with E-state index in [-0.39, 0.29) is 12.1 Å². The lowest BCUT2D eigenvalue weighted by Gasteiger charge is -2.27. The zero-order valence-electron chi connectivity index (χ0n) is 19.4. The highest BCUT2D eigenvalue weighted by Crippen LogP contribution is 2.32. The van der Waals surface area contributed by atoms with Crippen molar-refractivity contribution < 1.29 is 23.8 Å². The molecule has 2 amide bonds. The van der Waals surface area contributed by atoms with Crippen LogP contribution in [0.5, 0.6) is 11.5 Å². The zero-order valence-corrected chi connectivity index (χ0v) is 19.4. The molecule has 0 unspecified atom stereocenters. The van der Waals surface area contributed by atoms with Crippen LogP contribution in [0.2, 0.25) is 0 Å². The van der Waals surface area contributed by atoms with Gasteiger partial charge in [-0.3, -0.25) is 14.5 Å². The van der Waals surface area contributed by atoms with Crippen molar-refractivity contribution in [2.75, 3.05) is 33.0 Å².